The van der Waals surface area contributed by atoms with Gasteiger partial charge in [-0.3, -0.25) is 0 Å². The summed E-state index contributed by atoms with van der Waals surface area (Å²) in [6.07, 6.45) is 2.67. The van der Waals surface area contributed by atoms with Crippen molar-refractivity contribution in [2.45, 2.75) is 56.6 Å². The number of hydrogen-bond donors (Lipinski definition) is 1. The summed E-state index contributed by atoms with van der Waals surface area (Å²) in [5.41, 5.74) is 6.26. The van der Waals surface area contributed by atoms with Crippen LogP contribution in [0.3, 0.4) is 0 Å². The van der Waals surface area contributed by atoms with Crippen LogP contribution in [-0.4, -0.2) is 24.8 Å². The van der Waals surface area contributed by atoms with Crippen LogP contribution in [0.4, 0.5) is 0 Å². The molecular weight excluding hydrogens is 296 g/mol. The van der Waals surface area contributed by atoms with E-state index in [4.69, 9.17) is 17.3 Å². The van der Waals surface area contributed by atoms with Crippen LogP contribution in [-0.2, 0) is 16.6 Å². The normalized spacial score (nSPS) is 24.2. The number of sulfonamides is 1. The van der Waals surface area contributed by atoms with Gasteiger partial charge in [0.25, 0.3) is 0 Å². The number of hydrogen-bond acceptors (Lipinski definition) is 3. The van der Waals surface area contributed by atoms with E-state index in [-0.39, 0.29) is 23.5 Å². The molecule has 20 heavy (non-hydrogen) atoms. The molecule has 0 amide bonds. The molecule has 1 fully saturated rings. The maximum Gasteiger partial charge on any atom is 0.243 e. The number of halogens is 1. The second-order valence-electron chi connectivity index (χ2n) is 5.28. The molecule has 0 bridgehead atoms. The predicted octanol–water partition coefficient (Wildman–Crippen LogP) is 2.75. The van der Waals surface area contributed by atoms with E-state index in [9.17, 15) is 8.42 Å². The second kappa shape index (κ2) is 6.02. The Balaban J connectivity index is 2.44. The van der Waals surface area contributed by atoms with E-state index in [2.05, 4.69) is 0 Å². The Labute approximate surface area is 126 Å². The fourth-order valence-corrected chi connectivity index (χ4v) is 5.05. The molecule has 0 aliphatic carbocycles. The second-order valence-corrected chi connectivity index (χ2v) is 7.53. The monoisotopic (exact) mass is 316 g/mol. The van der Waals surface area contributed by atoms with Crippen LogP contribution < -0.4 is 5.73 Å². The SMILES string of the molecule is CCC1CCC(C)N1S(=O)(=O)c1ccc(Cl)c(CN)c1. The van der Waals surface area contributed by atoms with Gasteiger partial charge in [0.1, 0.15) is 0 Å². The van der Waals surface area contributed by atoms with Crippen molar-refractivity contribution in [1.82, 2.24) is 4.31 Å². The van der Waals surface area contributed by atoms with Crippen LogP contribution in [0, 0.1) is 0 Å². The first-order chi connectivity index (χ1) is 9.41. The molecule has 1 aliphatic rings. The van der Waals surface area contributed by atoms with Crippen molar-refractivity contribution in [1.29, 1.82) is 0 Å². The summed E-state index contributed by atoms with van der Waals surface area (Å²) in [5, 5.41) is 0.507. The number of rotatable bonds is 4. The number of nitrogens with zero attached hydrogens (tertiary/aromatic N) is 1. The van der Waals surface area contributed by atoms with E-state index in [1.165, 1.54) is 0 Å². The van der Waals surface area contributed by atoms with Crippen LogP contribution in [0.5, 0.6) is 0 Å². The summed E-state index contributed by atoms with van der Waals surface area (Å²) in [7, 11) is -3.48. The quantitative estimate of drug-likeness (QED) is 0.929. The third kappa shape index (κ3) is 2.72. The van der Waals surface area contributed by atoms with E-state index in [1.807, 2.05) is 13.8 Å². The van der Waals surface area contributed by atoms with Gasteiger partial charge in [0.05, 0.1) is 4.90 Å². The molecule has 0 spiro atoms. The van der Waals surface area contributed by atoms with E-state index in [0.717, 1.165) is 19.3 Å². The fourth-order valence-electron chi connectivity index (χ4n) is 2.85. The summed E-state index contributed by atoms with van der Waals surface area (Å²) in [6.45, 7) is 4.22. The third-order valence-corrected chi connectivity index (χ3v) is 6.43. The lowest BCUT2D eigenvalue weighted by molar-refractivity contribution is 0.328. The molecule has 6 heteroatoms. The minimum Gasteiger partial charge on any atom is -0.326 e. The van der Waals surface area contributed by atoms with Gasteiger partial charge in [-0.15, -0.1) is 0 Å². The molecule has 1 aliphatic heterocycles. The largest absolute Gasteiger partial charge is 0.326 e. The fraction of sp³-hybridized carbons (Fsp3) is 0.571. The first kappa shape index (κ1) is 15.8. The highest BCUT2D eigenvalue weighted by molar-refractivity contribution is 7.89. The lowest BCUT2D eigenvalue weighted by Crippen LogP contribution is -2.39. The van der Waals surface area contributed by atoms with Crippen molar-refractivity contribution in [3.63, 3.8) is 0 Å². The topological polar surface area (TPSA) is 63.4 Å². The minimum absolute atomic E-state index is 0.0435. The van der Waals surface area contributed by atoms with Gasteiger partial charge < -0.3 is 5.73 Å². The van der Waals surface area contributed by atoms with Gasteiger partial charge in [-0.1, -0.05) is 18.5 Å². The van der Waals surface area contributed by atoms with Gasteiger partial charge in [-0.2, -0.15) is 4.31 Å². The van der Waals surface area contributed by atoms with Crippen molar-refractivity contribution in [3.8, 4) is 0 Å². The molecule has 0 aromatic heterocycles. The number of nitrogens with two attached hydrogens (primary N) is 1. The van der Waals surface area contributed by atoms with Gasteiger partial charge in [-0.25, -0.2) is 8.42 Å². The van der Waals surface area contributed by atoms with Crippen molar-refractivity contribution >= 4 is 21.6 Å². The molecule has 1 aromatic rings. The first-order valence-corrected chi connectivity index (χ1v) is 8.75. The average molecular weight is 317 g/mol. The molecule has 1 heterocycles. The standard InChI is InChI=1S/C14H21ClN2O2S/c1-3-12-5-4-10(2)17(12)20(18,19)13-6-7-14(15)11(8-13)9-16/h6-8,10,12H,3-5,9,16H2,1-2H3. The van der Waals surface area contributed by atoms with Crippen LogP contribution in [0.2, 0.25) is 5.02 Å². The van der Waals surface area contributed by atoms with E-state index in [0.29, 0.717) is 10.6 Å². The van der Waals surface area contributed by atoms with Gasteiger partial charge >= 0.3 is 0 Å². The minimum atomic E-state index is -3.48. The van der Waals surface area contributed by atoms with Gasteiger partial charge in [0.2, 0.25) is 10.0 Å². The Hall–Kier alpha value is -0.620. The van der Waals surface area contributed by atoms with Crippen LogP contribution in [0.25, 0.3) is 0 Å². The van der Waals surface area contributed by atoms with Crippen molar-refractivity contribution < 1.29 is 8.42 Å². The molecular formula is C14H21ClN2O2S. The maximum atomic E-state index is 12.8. The van der Waals surface area contributed by atoms with Crippen molar-refractivity contribution in [2.24, 2.45) is 5.73 Å². The lowest BCUT2D eigenvalue weighted by Gasteiger charge is -2.27. The highest BCUT2D eigenvalue weighted by Gasteiger charge is 2.39. The van der Waals surface area contributed by atoms with Crippen LogP contribution in [0.1, 0.15) is 38.7 Å². The van der Waals surface area contributed by atoms with E-state index < -0.39 is 10.0 Å². The Morgan fingerprint density at radius 2 is 2.10 bits per heavy atom. The summed E-state index contributed by atoms with van der Waals surface area (Å²) in [5.74, 6) is 0. The van der Waals surface area contributed by atoms with Crippen LogP contribution in [0.15, 0.2) is 23.1 Å². The zero-order chi connectivity index (χ0) is 14.9. The predicted molar refractivity (Wildman–Crippen MR) is 81.1 cm³/mol. The van der Waals surface area contributed by atoms with E-state index >= 15 is 0 Å². The first-order valence-electron chi connectivity index (χ1n) is 6.93. The average Bonchev–Trinajstić information content (AvgIpc) is 2.80. The Kier molecular flexibility index (Phi) is 4.74. The smallest absolute Gasteiger partial charge is 0.243 e. The Bertz CT molecular complexity index is 589. The zero-order valence-corrected chi connectivity index (χ0v) is 13.4. The molecule has 2 atom stereocenters. The summed E-state index contributed by atoms with van der Waals surface area (Å²) >= 11 is 6.00. The van der Waals surface area contributed by atoms with E-state index in [1.54, 1.807) is 22.5 Å². The molecule has 1 saturated heterocycles. The molecule has 0 radical (unpaired) electrons. The molecule has 2 rings (SSSR count). The van der Waals surface area contributed by atoms with Crippen molar-refractivity contribution in [2.75, 3.05) is 0 Å². The molecule has 0 saturated carbocycles. The summed E-state index contributed by atoms with van der Waals surface area (Å²) in [6, 6.07) is 4.90. The summed E-state index contributed by atoms with van der Waals surface area (Å²) in [4.78, 5) is 0.287. The van der Waals surface area contributed by atoms with Gasteiger partial charge in [0, 0.05) is 23.7 Å². The number of benzene rings is 1. The molecule has 2 N–H and O–H groups in total. The molecule has 1 aromatic carbocycles. The molecule has 4 nitrogen and oxygen atoms in total. The van der Waals surface area contributed by atoms with Crippen molar-refractivity contribution in [3.05, 3.63) is 28.8 Å². The van der Waals surface area contributed by atoms with Gasteiger partial charge in [0.15, 0.2) is 0 Å². The third-order valence-electron chi connectivity index (χ3n) is 4.00. The maximum absolute atomic E-state index is 12.8. The Morgan fingerprint density at radius 3 is 2.70 bits per heavy atom. The zero-order valence-electron chi connectivity index (χ0n) is 11.8. The highest BCUT2D eigenvalue weighted by atomic mass is 35.5. The van der Waals surface area contributed by atoms with Gasteiger partial charge in [-0.05, 0) is 49.9 Å². The van der Waals surface area contributed by atoms with Crippen LogP contribution >= 0.6 is 11.6 Å². The Morgan fingerprint density at radius 1 is 1.40 bits per heavy atom. The highest BCUT2D eigenvalue weighted by Crippen LogP contribution is 2.33. The summed E-state index contributed by atoms with van der Waals surface area (Å²) < 4.78 is 27.3. The lowest BCUT2D eigenvalue weighted by atomic mass is 10.2. The molecule has 112 valence electrons. The molecule has 2 unspecified atom stereocenters.